The Labute approximate surface area is 139 Å². The average molecular weight is 323 g/mol. The van der Waals surface area contributed by atoms with E-state index in [4.69, 9.17) is 15.7 Å². The fraction of sp³-hybridized carbons (Fsp3) is 0.167. The third-order valence-corrected chi connectivity index (χ3v) is 3.50. The monoisotopic (exact) mass is 323 g/mol. The Morgan fingerprint density at radius 1 is 1.21 bits per heavy atom. The summed E-state index contributed by atoms with van der Waals surface area (Å²) in [4.78, 5) is 24.3. The topological polar surface area (TPSA) is 105 Å². The van der Waals surface area contributed by atoms with Gasteiger partial charge < -0.3 is 15.8 Å². The molecule has 0 radical (unpaired) electrons. The van der Waals surface area contributed by atoms with Crippen molar-refractivity contribution in [3.8, 4) is 6.07 Å². The van der Waals surface area contributed by atoms with Crippen molar-refractivity contribution in [3.05, 3.63) is 59.2 Å². The van der Waals surface area contributed by atoms with Crippen molar-refractivity contribution in [2.45, 2.75) is 20.0 Å². The van der Waals surface area contributed by atoms with Gasteiger partial charge >= 0.3 is 5.97 Å². The highest BCUT2D eigenvalue weighted by molar-refractivity contribution is 6.00. The lowest BCUT2D eigenvalue weighted by molar-refractivity contribution is -0.123. The van der Waals surface area contributed by atoms with Gasteiger partial charge in [0.1, 0.15) is 6.07 Å². The number of amides is 1. The van der Waals surface area contributed by atoms with Crippen molar-refractivity contribution >= 4 is 23.3 Å². The summed E-state index contributed by atoms with van der Waals surface area (Å²) in [6.45, 7) is 3.23. The zero-order valence-electron chi connectivity index (χ0n) is 13.4. The number of hydrogen-bond acceptors (Lipinski definition) is 5. The SMILES string of the molecule is Cc1cccc(C(=O)OC(C)C(=O)Nc2ccccc2C#N)c1N. The number of hydrogen-bond donors (Lipinski definition) is 2. The van der Waals surface area contributed by atoms with Crippen LogP contribution in [0.15, 0.2) is 42.5 Å². The first-order chi connectivity index (χ1) is 11.4. The van der Waals surface area contributed by atoms with Crippen LogP contribution < -0.4 is 11.1 Å². The van der Waals surface area contributed by atoms with Crippen molar-refractivity contribution in [1.82, 2.24) is 0 Å². The Hall–Kier alpha value is -3.33. The summed E-state index contributed by atoms with van der Waals surface area (Å²) >= 11 is 0. The second-order valence-electron chi connectivity index (χ2n) is 5.23. The lowest BCUT2D eigenvalue weighted by atomic mass is 10.1. The van der Waals surface area contributed by atoms with Crippen LogP contribution in [0.2, 0.25) is 0 Å². The van der Waals surface area contributed by atoms with Crippen LogP contribution in [0.5, 0.6) is 0 Å². The summed E-state index contributed by atoms with van der Waals surface area (Å²) in [5, 5.41) is 11.6. The summed E-state index contributed by atoms with van der Waals surface area (Å²) in [6, 6.07) is 13.6. The molecule has 0 fully saturated rings. The minimum absolute atomic E-state index is 0.215. The van der Waals surface area contributed by atoms with Crippen molar-refractivity contribution in [2.75, 3.05) is 11.1 Å². The molecule has 3 N–H and O–H groups in total. The largest absolute Gasteiger partial charge is 0.449 e. The third-order valence-electron chi connectivity index (χ3n) is 3.50. The molecule has 0 saturated heterocycles. The maximum atomic E-state index is 12.2. The van der Waals surface area contributed by atoms with E-state index in [-0.39, 0.29) is 5.56 Å². The number of nitrogens with zero attached hydrogens (tertiary/aromatic N) is 1. The van der Waals surface area contributed by atoms with Gasteiger partial charge in [-0.15, -0.1) is 0 Å². The molecule has 122 valence electrons. The summed E-state index contributed by atoms with van der Waals surface area (Å²) in [7, 11) is 0. The molecule has 0 aromatic heterocycles. The van der Waals surface area contributed by atoms with E-state index in [9.17, 15) is 9.59 Å². The standard InChI is InChI=1S/C18H17N3O3/c1-11-6-5-8-14(16(11)20)18(23)24-12(2)17(22)21-15-9-4-3-7-13(15)10-19/h3-9,12H,20H2,1-2H3,(H,21,22). The van der Waals surface area contributed by atoms with Crippen molar-refractivity contribution < 1.29 is 14.3 Å². The summed E-state index contributed by atoms with van der Waals surface area (Å²) in [5.74, 6) is -1.20. The summed E-state index contributed by atoms with van der Waals surface area (Å²) < 4.78 is 5.17. The molecule has 6 heteroatoms. The molecule has 0 heterocycles. The van der Waals surface area contributed by atoms with Gasteiger partial charge in [0.25, 0.3) is 5.91 Å². The molecule has 1 unspecified atom stereocenters. The zero-order chi connectivity index (χ0) is 17.7. The second-order valence-corrected chi connectivity index (χ2v) is 5.23. The van der Waals surface area contributed by atoms with Crippen molar-refractivity contribution in [1.29, 1.82) is 5.26 Å². The maximum absolute atomic E-state index is 12.2. The predicted molar refractivity (Wildman–Crippen MR) is 90.3 cm³/mol. The zero-order valence-corrected chi connectivity index (χ0v) is 13.4. The Morgan fingerprint density at radius 2 is 1.92 bits per heavy atom. The maximum Gasteiger partial charge on any atom is 0.341 e. The normalized spacial score (nSPS) is 11.2. The van der Waals surface area contributed by atoms with E-state index in [1.165, 1.54) is 6.92 Å². The van der Waals surface area contributed by atoms with Crippen LogP contribution in [0, 0.1) is 18.3 Å². The number of nitrogen functional groups attached to an aromatic ring is 1. The number of carbonyl (C=O) groups is 2. The van der Waals surface area contributed by atoms with Gasteiger partial charge in [0.15, 0.2) is 6.10 Å². The number of ether oxygens (including phenoxy) is 1. The molecule has 2 aromatic carbocycles. The van der Waals surface area contributed by atoms with Crippen LogP contribution in [0.4, 0.5) is 11.4 Å². The Morgan fingerprint density at radius 3 is 2.62 bits per heavy atom. The highest BCUT2D eigenvalue weighted by Gasteiger charge is 2.21. The average Bonchev–Trinajstić information content (AvgIpc) is 2.57. The number of anilines is 2. The van der Waals surface area contributed by atoms with Crippen molar-refractivity contribution in [2.24, 2.45) is 0 Å². The van der Waals surface area contributed by atoms with Crippen LogP contribution in [0.25, 0.3) is 0 Å². The minimum atomic E-state index is -1.04. The molecule has 1 atom stereocenters. The molecule has 6 nitrogen and oxygen atoms in total. The first-order valence-electron chi connectivity index (χ1n) is 7.30. The van der Waals surface area contributed by atoms with Gasteiger partial charge in [-0.2, -0.15) is 5.26 Å². The van der Waals surface area contributed by atoms with Gasteiger partial charge in [0.05, 0.1) is 16.8 Å². The number of nitrogens with one attached hydrogen (secondary N) is 1. The van der Waals surface area contributed by atoms with Gasteiger partial charge in [-0.25, -0.2) is 4.79 Å². The number of aryl methyl sites for hydroxylation is 1. The molecule has 1 amide bonds. The Bertz CT molecular complexity index is 824. The Balaban J connectivity index is 2.08. The highest BCUT2D eigenvalue weighted by Crippen LogP contribution is 2.19. The number of nitrogens with two attached hydrogens (primary N) is 1. The predicted octanol–water partition coefficient (Wildman–Crippen LogP) is 2.63. The van der Waals surface area contributed by atoms with Gasteiger partial charge in [-0.05, 0) is 37.6 Å². The first-order valence-corrected chi connectivity index (χ1v) is 7.30. The quantitative estimate of drug-likeness (QED) is 0.664. The highest BCUT2D eigenvalue weighted by atomic mass is 16.5. The second kappa shape index (κ2) is 7.29. The molecular formula is C18H17N3O3. The van der Waals surface area contributed by atoms with E-state index >= 15 is 0 Å². The molecule has 0 aliphatic rings. The third kappa shape index (κ3) is 3.70. The van der Waals surface area contributed by atoms with E-state index in [1.54, 1.807) is 49.4 Å². The smallest absolute Gasteiger partial charge is 0.341 e. The molecular weight excluding hydrogens is 306 g/mol. The van der Waals surface area contributed by atoms with E-state index in [0.717, 1.165) is 5.56 Å². The number of rotatable bonds is 4. The van der Waals surface area contributed by atoms with E-state index in [2.05, 4.69) is 5.32 Å². The molecule has 0 saturated carbocycles. The minimum Gasteiger partial charge on any atom is -0.449 e. The number of benzene rings is 2. The van der Waals surface area contributed by atoms with Gasteiger partial charge in [-0.1, -0.05) is 24.3 Å². The van der Waals surface area contributed by atoms with Crippen LogP contribution in [0.3, 0.4) is 0 Å². The van der Waals surface area contributed by atoms with Crippen LogP contribution in [-0.4, -0.2) is 18.0 Å². The summed E-state index contributed by atoms with van der Waals surface area (Å²) in [6.07, 6.45) is -1.04. The molecule has 0 bridgehead atoms. The first kappa shape index (κ1) is 17.0. The van der Waals surface area contributed by atoms with Crippen molar-refractivity contribution in [3.63, 3.8) is 0 Å². The van der Waals surface area contributed by atoms with Gasteiger partial charge in [0.2, 0.25) is 0 Å². The van der Waals surface area contributed by atoms with E-state index in [1.807, 2.05) is 6.07 Å². The Kier molecular flexibility index (Phi) is 5.17. The van der Waals surface area contributed by atoms with E-state index in [0.29, 0.717) is 16.9 Å². The van der Waals surface area contributed by atoms with Crippen LogP contribution >= 0.6 is 0 Å². The fourth-order valence-corrected chi connectivity index (χ4v) is 2.06. The van der Waals surface area contributed by atoms with Crippen LogP contribution in [0.1, 0.15) is 28.4 Å². The summed E-state index contributed by atoms with van der Waals surface area (Å²) in [5.41, 5.74) is 7.84. The van der Waals surface area contributed by atoms with Gasteiger partial charge in [0, 0.05) is 5.69 Å². The number of nitriles is 1. The molecule has 0 aliphatic heterocycles. The fourth-order valence-electron chi connectivity index (χ4n) is 2.06. The van der Waals surface area contributed by atoms with Crippen LogP contribution in [-0.2, 0) is 9.53 Å². The number of carbonyl (C=O) groups excluding carboxylic acids is 2. The lowest BCUT2D eigenvalue weighted by Gasteiger charge is -2.15. The number of esters is 1. The van der Waals surface area contributed by atoms with E-state index < -0.39 is 18.0 Å². The molecule has 24 heavy (non-hydrogen) atoms. The lowest BCUT2D eigenvalue weighted by Crippen LogP contribution is -2.30. The molecule has 2 aromatic rings. The van der Waals surface area contributed by atoms with Gasteiger partial charge in [-0.3, -0.25) is 4.79 Å². The molecule has 0 spiro atoms. The molecule has 0 aliphatic carbocycles. The molecule has 2 rings (SSSR count). The number of para-hydroxylation sites is 2.